The van der Waals surface area contributed by atoms with E-state index in [2.05, 4.69) is 12.2 Å². The molecule has 0 aliphatic rings. The Morgan fingerprint density at radius 1 is 1.44 bits per heavy atom. The number of carbonyl (C=O) groups excluding carboxylic acids is 1. The predicted molar refractivity (Wildman–Crippen MR) is 75.3 cm³/mol. The normalized spacial score (nSPS) is 10.9. The predicted octanol–water partition coefficient (Wildman–Crippen LogP) is 3.14. The fraction of sp³-hybridized carbons (Fsp3) is 0.357. The number of aromatic nitrogens is 1. The standard InChI is InChI=1S/C14H17ClN2O/c1-4-5-9-10-8-13(14(18)16-2)17(3)12(10)7-6-11(9)15/h6-8H,4-5H2,1-3H3,(H,16,18). The number of carbonyl (C=O) groups is 1. The van der Waals surface area contributed by atoms with Gasteiger partial charge in [-0.15, -0.1) is 0 Å². The van der Waals surface area contributed by atoms with Gasteiger partial charge in [0, 0.05) is 30.0 Å². The Balaban J connectivity index is 2.71. The highest BCUT2D eigenvalue weighted by Gasteiger charge is 2.15. The molecular formula is C14H17ClN2O. The number of amides is 1. The van der Waals surface area contributed by atoms with Gasteiger partial charge in [-0.25, -0.2) is 0 Å². The smallest absolute Gasteiger partial charge is 0.267 e. The third kappa shape index (κ3) is 1.99. The maximum absolute atomic E-state index is 11.8. The van der Waals surface area contributed by atoms with E-state index in [1.807, 2.05) is 29.8 Å². The molecule has 4 heteroatoms. The van der Waals surface area contributed by atoms with E-state index in [9.17, 15) is 4.79 Å². The van der Waals surface area contributed by atoms with Gasteiger partial charge in [-0.3, -0.25) is 4.79 Å². The van der Waals surface area contributed by atoms with E-state index in [1.54, 1.807) is 7.05 Å². The van der Waals surface area contributed by atoms with Crippen LogP contribution < -0.4 is 5.32 Å². The van der Waals surface area contributed by atoms with Crippen LogP contribution in [0.15, 0.2) is 18.2 Å². The third-order valence-electron chi connectivity index (χ3n) is 3.24. The highest BCUT2D eigenvalue weighted by atomic mass is 35.5. The van der Waals surface area contributed by atoms with Crippen molar-refractivity contribution in [3.05, 3.63) is 34.5 Å². The van der Waals surface area contributed by atoms with Crippen molar-refractivity contribution in [2.45, 2.75) is 19.8 Å². The van der Waals surface area contributed by atoms with Gasteiger partial charge in [0.2, 0.25) is 0 Å². The minimum atomic E-state index is -0.0766. The third-order valence-corrected chi connectivity index (χ3v) is 3.59. The summed E-state index contributed by atoms with van der Waals surface area (Å²) in [5, 5.41) is 4.51. The number of nitrogens with one attached hydrogen (secondary N) is 1. The van der Waals surface area contributed by atoms with Gasteiger partial charge in [0.25, 0.3) is 5.91 Å². The fourth-order valence-corrected chi connectivity index (χ4v) is 2.55. The first-order valence-electron chi connectivity index (χ1n) is 6.09. The molecule has 0 bridgehead atoms. The Bertz CT molecular complexity index is 601. The first-order valence-corrected chi connectivity index (χ1v) is 6.46. The number of rotatable bonds is 3. The molecule has 3 nitrogen and oxygen atoms in total. The molecule has 1 aromatic carbocycles. The largest absolute Gasteiger partial charge is 0.354 e. The summed E-state index contributed by atoms with van der Waals surface area (Å²) in [4.78, 5) is 11.8. The molecule has 2 aromatic rings. The fourth-order valence-electron chi connectivity index (χ4n) is 2.29. The Labute approximate surface area is 112 Å². The van der Waals surface area contributed by atoms with Crippen LogP contribution in [-0.2, 0) is 13.5 Å². The van der Waals surface area contributed by atoms with E-state index in [1.165, 1.54) is 0 Å². The average molecular weight is 265 g/mol. The lowest BCUT2D eigenvalue weighted by Crippen LogP contribution is -2.20. The van der Waals surface area contributed by atoms with Gasteiger partial charge >= 0.3 is 0 Å². The maximum atomic E-state index is 11.8. The summed E-state index contributed by atoms with van der Waals surface area (Å²) in [6, 6.07) is 5.79. The molecule has 96 valence electrons. The molecular weight excluding hydrogens is 248 g/mol. The lowest BCUT2D eigenvalue weighted by atomic mass is 10.1. The lowest BCUT2D eigenvalue weighted by molar-refractivity contribution is 0.0955. The molecule has 1 heterocycles. The van der Waals surface area contributed by atoms with Crippen LogP contribution in [0.1, 0.15) is 29.4 Å². The van der Waals surface area contributed by atoms with Gasteiger partial charge in [-0.2, -0.15) is 0 Å². The topological polar surface area (TPSA) is 34.0 Å². The van der Waals surface area contributed by atoms with Crippen LogP contribution in [0.2, 0.25) is 5.02 Å². The average Bonchev–Trinajstić information content (AvgIpc) is 2.70. The van der Waals surface area contributed by atoms with E-state index in [-0.39, 0.29) is 5.91 Å². The molecule has 0 radical (unpaired) electrons. The monoisotopic (exact) mass is 264 g/mol. The van der Waals surface area contributed by atoms with Crippen molar-refractivity contribution in [1.82, 2.24) is 9.88 Å². The highest BCUT2D eigenvalue weighted by molar-refractivity contribution is 6.32. The first-order chi connectivity index (χ1) is 8.60. The molecule has 18 heavy (non-hydrogen) atoms. The van der Waals surface area contributed by atoms with Crippen molar-refractivity contribution < 1.29 is 4.79 Å². The van der Waals surface area contributed by atoms with Crippen LogP contribution in [0.25, 0.3) is 10.9 Å². The molecule has 2 rings (SSSR count). The van der Waals surface area contributed by atoms with Crippen LogP contribution in [0.4, 0.5) is 0 Å². The van der Waals surface area contributed by atoms with Gasteiger partial charge in [-0.1, -0.05) is 24.9 Å². The molecule has 0 aliphatic heterocycles. The van der Waals surface area contributed by atoms with Crippen LogP contribution in [0.3, 0.4) is 0 Å². The second-order valence-corrected chi connectivity index (χ2v) is 4.78. The van der Waals surface area contributed by atoms with Crippen molar-refractivity contribution in [1.29, 1.82) is 0 Å². The van der Waals surface area contributed by atoms with Crippen LogP contribution >= 0.6 is 11.6 Å². The number of fused-ring (bicyclic) bond motifs is 1. The number of hydrogen-bond acceptors (Lipinski definition) is 1. The molecule has 1 N–H and O–H groups in total. The second kappa shape index (κ2) is 5.02. The zero-order valence-electron chi connectivity index (χ0n) is 10.9. The van der Waals surface area contributed by atoms with E-state index in [4.69, 9.17) is 11.6 Å². The molecule has 0 saturated heterocycles. The quantitative estimate of drug-likeness (QED) is 0.908. The number of halogens is 1. The lowest BCUT2D eigenvalue weighted by Gasteiger charge is -2.05. The van der Waals surface area contributed by atoms with Crippen molar-refractivity contribution in [3.8, 4) is 0 Å². The van der Waals surface area contributed by atoms with E-state index in [0.29, 0.717) is 5.69 Å². The summed E-state index contributed by atoms with van der Waals surface area (Å²) in [5.41, 5.74) is 2.83. The van der Waals surface area contributed by atoms with Crippen LogP contribution in [0.5, 0.6) is 0 Å². The van der Waals surface area contributed by atoms with Crippen LogP contribution in [-0.4, -0.2) is 17.5 Å². The summed E-state index contributed by atoms with van der Waals surface area (Å²) in [6.45, 7) is 2.12. The van der Waals surface area contributed by atoms with Crippen molar-refractivity contribution in [3.63, 3.8) is 0 Å². The summed E-state index contributed by atoms with van der Waals surface area (Å²) in [7, 11) is 3.54. The molecule has 0 spiro atoms. The Hall–Kier alpha value is -1.48. The minimum absolute atomic E-state index is 0.0766. The Morgan fingerprint density at radius 2 is 2.17 bits per heavy atom. The van der Waals surface area contributed by atoms with Gasteiger partial charge in [0.1, 0.15) is 5.69 Å². The molecule has 0 atom stereocenters. The SMILES string of the molecule is CCCc1c(Cl)ccc2c1cc(C(=O)NC)n2C. The van der Waals surface area contributed by atoms with E-state index in [0.717, 1.165) is 34.3 Å². The molecule has 1 aromatic heterocycles. The van der Waals surface area contributed by atoms with Gasteiger partial charge < -0.3 is 9.88 Å². The van der Waals surface area contributed by atoms with Gasteiger partial charge in [-0.05, 0) is 30.2 Å². The molecule has 1 amide bonds. The first kappa shape index (κ1) is 13.0. The van der Waals surface area contributed by atoms with Crippen LogP contribution in [0, 0.1) is 0 Å². The molecule has 0 aliphatic carbocycles. The maximum Gasteiger partial charge on any atom is 0.267 e. The van der Waals surface area contributed by atoms with E-state index >= 15 is 0 Å². The Morgan fingerprint density at radius 3 is 2.78 bits per heavy atom. The zero-order chi connectivity index (χ0) is 13.3. The van der Waals surface area contributed by atoms with E-state index < -0.39 is 0 Å². The second-order valence-electron chi connectivity index (χ2n) is 4.38. The minimum Gasteiger partial charge on any atom is -0.354 e. The molecule has 0 unspecified atom stereocenters. The number of nitrogens with zero attached hydrogens (tertiary/aromatic N) is 1. The Kier molecular flexibility index (Phi) is 3.62. The summed E-state index contributed by atoms with van der Waals surface area (Å²) >= 11 is 6.25. The van der Waals surface area contributed by atoms with Gasteiger partial charge in [0.05, 0.1) is 0 Å². The number of hydrogen-bond donors (Lipinski definition) is 1. The van der Waals surface area contributed by atoms with Crippen molar-refractivity contribution in [2.75, 3.05) is 7.05 Å². The summed E-state index contributed by atoms with van der Waals surface area (Å²) < 4.78 is 1.91. The molecule has 0 fully saturated rings. The van der Waals surface area contributed by atoms with Gasteiger partial charge in [0.15, 0.2) is 0 Å². The number of aryl methyl sites for hydroxylation is 2. The molecule has 0 saturated carbocycles. The summed E-state index contributed by atoms with van der Waals surface area (Å²) in [5.74, 6) is -0.0766. The van der Waals surface area contributed by atoms with Crippen molar-refractivity contribution >= 4 is 28.4 Å². The number of benzene rings is 1. The highest BCUT2D eigenvalue weighted by Crippen LogP contribution is 2.29. The summed E-state index contributed by atoms with van der Waals surface area (Å²) in [6.07, 6.45) is 1.95. The van der Waals surface area contributed by atoms with Crippen molar-refractivity contribution in [2.24, 2.45) is 7.05 Å². The zero-order valence-corrected chi connectivity index (χ0v) is 11.6.